The van der Waals surface area contributed by atoms with E-state index in [1.54, 1.807) is 0 Å². The average molecular weight is 295 g/mol. The van der Waals surface area contributed by atoms with Crippen LogP contribution in [0.25, 0.3) is 10.9 Å². The Labute approximate surface area is 130 Å². The fourth-order valence-corrected chi connectivity index (χ4v) is 4.80. The monoisotopic (exact) mass is 295 g/mol. The van der Waals surface area contributed by atoms with Gasteiger partial charge in [0.1, 0.15) is 0 Å². The minimum absolute atomic E-state index is 0.239. The SMILES string of the molecule is Cn1cc2c3c(cccc31)C(=O)N(C1CN3CCC1CC3)C2. The third-order valence-electron chi connectivity index (χ3n) is 5.95. The van der Waals surface area contributed by atoms with Crippen molar-refractivity contribution in [1.82, 2.24) is 14.4 Å². The molecule has 0 radical (unpaired) electrons. The van der Waals surface area contributed by atoms with E-state index in [2.05, 4.69) is 33.7 Å². The van der Waals surface area contributed by atoms with E-state index in [4.69, 9.17) is 0 Å². The van der Waals surface area contributed by atoms with Gasteiger partial charge < -0.3 is 14.4 Å². The molecule has 3 saturated heterocycles. The third kappa shape index (κ3) is 1.59. The van der Waals surface area contributed by atoms with Gasteiger partial charge in [0.05, 0.1) is 0 Å². The molecule has 1 aromatic carbocycles. The molecule has 1 amide bonds. The van der Waals surface area contributed by atoms with Crippen LogP contribution in [0.3, 0.4) is 0 Å². The number of hydrogen-bond donors (Lipinski definition) is 0. The van der Waals surface area contributed by atoms with Crippen LogP contribution >= 0.6 is 0 Å². The average Bonchev–Trinajstić information content (AvgIpc) is 2.89. The van der Waals surface area contributed by atoms with Crippen molar-refractivity contribution in [2.75, 3.05) is 19.6 Å². The van der Waals surface area contributed by atoms with Crippen molar-refractivity contribution in [2.45, 2.75) is 25.4 Å². The summed E-state index contributed by atoms with van der Waals surface area (Å²) in [5, 5.41) is 1.17. The van der Waals surface area contributed by atoms with Crippen molar-refractivity contribution in [1.29, 1.82) is 0 Å². The summed E-state index contributed by atoms with van der Waals surface area (Å²) in [4.78, 5) is 17.8. The van der Waals surface area contributed by atoms with Gasteiger partial charge in [-0.1, -0.05) is 6.07 Å². The van der Waals surface area contributed by atoms with Crippen molar-refractivity contribution < 1.29 is 4.79 Å². The van der Waals surface area contributed by atoms with Crippen LogP contribution in [-0.4, -0.2) is 46.0 Å². The molecule has 0 saturated carbocycles. The molecule has 0 spiro atoms. The molecule has 114 valence electrons. The van der Waals surface area contributed by atoms with E-state index >= 15 is 0 Å². The van der Waals surface area contributed by atoms with Gasteiger partial charge in [-0.05, 0) is 49.5 Å². The van der Waals surface area contributed by atoms with Crippen molar-refractivity contribution >= 4 is 16.8 Å². The molecule has 4 heteroatoms. The maximum atomic E-state index is 13.1. The summed E-state index contributed by atoms with van der Waals surface area (Å²) < 4.78 is 2.15. The second-order valence-corrected chi connectivity index (χ2v) is 7.10. The lowest BCUT2D eigenvalue weighted by Gasteiger charge is -2.49. The van der Waals surface area contributed by atoms with Crippen LogP contribution in [-0.2, 0) is 13.6 Å². The Bertz CT molecular complexity index is 770. The topological polar surface area (TPSA) is 28.5 Å². The maximum Gasteiger partial charge on any atom is 0.255 e. The van der Waals surface area contributed by atoms with Crippen LogP contribution in [0.4, 0.5) is 0 Å². The van der Waals surface area contributed by atoms with Gasteiger partial charge in [-0.25, -0.2) is 0 Å². The molecule has 0 aliphatic carbocycles. The minimum Gasteiger partial charge on any atom is -0.350 e. The highest BCUT2D eigenvalue weighted by Gasteiger charge is 2.41. The number of nitrogens with zero attached hydrogens (tertiary/aromatic N) is 3. The van der Waals surface area contributed by atoms with Crippen LogP contribution in [0.5, 0.6) is 0 Å². The van der Waals surface area contributed by atoms with Crippen molar-refractivity contribution in [2.24, 2.45) is 13.0 Å². The molecule has 5 heterocycles. The molecular formula is C18H21N3O. The number of amides is 1. The Balaban J connectivity index is 1.59. The second-order valence-electron chi connectivity index (χ2n) is 7.10. The van der Waals surface area contributed by atoms with E-state index in [9.17, 15) is 4.79 Å². The lowest BCUT2D eigenvalue weighted by Crippen LogP contribution is -2.58. The fraction of sp³-hybridized carbons (Fsp3) is 0.500. The molecule has 1 aromatic heterocycles. The predicted octanol–water partition coefficient (Wildman–Crippen LogP) is 2.23. The molecule has 1 atom stereocenters. The first-order valence-corrected chi connectivity index (χ1v) is 8.32. The van der Waals surface area contributed by atoms with Crippen LogP contribution < -0.4 is 0 Å². The molecule has 6 rings (SSSR count). The first kappa shape index (κ1) is 12.7. The smallest absolute Gasteiger partial charge is 0.255 e. The Morgan fingerprint density at radius 1 is 1.18 bits per heavy atom. The Morgan fingerprint density at radius 3 is 2.73 bits per heavy atom. The van der Waals surface area contributed by atoms with E-state index in [0.717, 1.165) is 18.7 Å². The largest absolute Gasteiger partial charge is 0.350 e. The summed E-state index contributed by atoms with van der Waals surface area (Å²) in [7, 11) is 2.07. The van der Waals surface area contributed by atoms with Gasteiger partial charge in [0, 0.05) is 48.8 Å². The molecule has 4 nitrogen and oxygen atoms in total. The molecule has 4 aliphatic rings. The van der Waals surface area contributed by atoms with E-state index in [-0.39, 0.29) is 5.91 Å². The zero-order valence-corrected chi connectivity index (χ0v) is 13.0. The number of aryl methyl sites for hydroxylation is 1. The van der Waals surface area contributed by atoms with Crippen LogP contribution in [0.1, 0.15) is 28.8 Å². The molecule has 3 fully saturated rings. The fourth-order valence-electron chi connectivity index (χ4n) is 4.80. The summed E-state index contributed by atoms with van der Waals surface area (Å²) in [5.74, 6) is 0.932. The summed E-state index contributed by atoms with van der Waals surface area (Å²) >= 11 is 0. The number of aromatic nitrogens is 1. The third-order valence-corrected chi connectivity index (χ3v) is 5.95. The molecule has 22 heavy (non-hydrogen) atoms. The first-order chi connectivity index (χ1) is 10.7. The van der Waals surface area contributed by atoms with Gasteiger partial charge in [-0.2, -0.15) is 0 Å². The van der Waals surface area contributed by atoms with E-state index in [1.165, 1.54) is 42.4 Å². The zero-order valence-electron chi connectivity index (χ0n) is 13.0. The van der Waals surface area contributed by atoms with Crippen molar-refractivity contribution in [3.05, 3.63) is 35.5 Å². The molecule has 2 bridgehead atoms. The highest BCUT2D eigenvalue weighted by atomic mass is 16.2. The van der Waals surface area contributed by atoms with Crippen LogP contribution in [0.2, 0.25) is 0 Å². The van der Waals surface area contributed by atoms with Crippen molar-refractivity contribution in [3.63, 3.8) is 0 Å². The normalized spacial score (nSPS) is 30.3. The Morgan fingerprint density at radius 2 is 2.00 bits per heavy atom. The molecule has 2 aromatic rings. The first-order valence-electron chi connectivity index (χ1n) is 8.32. The standard InChI is InChI=1S/C18H21N3O/c1-19-9-13-10-21(16-11-20-7-5-12(16)6-8-20)18(22)14-3-2-4-15(19)17(13)14/h2-4,9,12,16H,5-8,10-11H2,1H3. The molecule has 4 aliphatic heterocycles. The highest BCUT2D eigenvalue weighted by molar-refractivity contribution is 6.09. The van der Waals surface area contributed by atoms with Crippen LogP contribution in [0, 0.1) is 5.92 Å². The second kappa shape index (κ2) is 4.35. The zero-order chi connectivity index (χ0) is 14.8. The summed E-state index contributed by atoms with van der Waals surface area (Å²) in [5.41, 5.74) is 3.38. The summed E-state index contributed by atoms with van der Waals surface area (Å²) in [6.45, 7) is 4.28. The lowest BCUT2D eigenvalue weighted by atomic mass is 9.82. The Hall–Kier alpha value is -1.81. The van der Waals surface area contributed by atoms with Gasteiger partial charge >= 0.3 is 0 Å². The van der Waals surface area contributed by atoms with Crippen LogP contribution in [0.15, 0.2) is 24.4 Å². The van der Waals surface area contributed by atoms with E-state index < -0.39 is 0 Å². The quantitative estimate of drug-likeness (QED) is 0.807. The van der Waals surface area contributed by atoms with Gasteiger partial charge in [0.2, 0.25) is 0 Å². The highest BCUT2D eigenvalue weighted by Crippen LogP contribution is 2.37. The number of carbonyl (C=O) groups is 1. The van der Waals surface area contributed by atoms with Gasteiger partial charge in [-0.3, -0.25) is 4.79 Å². The molecular weight excluding hydrogens is 274 g/mol. The number of fused-ring (bicyclic) bond motifs is 3. The number of hydrogen-bond acceptors (Lipinski definition) is 2. The number of carbonyl (C=O) groups excluding carboxylic acids is 1. The van der Waals surface area contributed by atoms with Crippen molar-refractivity contribution in [3.8, 4) is 0 Å². The Kier molecular flexibility index (Phi) is 2.51. The minimum atomic E-state index is 0.239. The molecule has 1 unspecified atom stereocenters. The van der Waals surface area contributed by atoms with Gasteiger partial charge in [0.25, 0.3) is 5.91 Å². The van der Waals surface area contributed by atoms with Gasteiger partial charge in [-0.15, -0.1) is 0 Å². The maximum absolute atomic E-state index is 13.1. The van der Waals surface area contributed by atoms with E-state index in [1.807, 2.05) is 12.1 Å². The number of rotatable bonds is 1. The summed E-state index contributed by atoms with van der Waals surface area (Å²) in [6, 6.07) is 6.53. The lowest BCUT2D eigenvalue weighted by molar-refractivity contribution is 0.00407. The number of benzene rings is 1. The number of piperidine rings is 3. The van der Waals surface area contributed by atoms with E-state index in [0.29, 0.717) is 12.0 Å². The molecule has 0 N–H and O–H groups in total. The van der Waals surface area contributed by atoms with Gasteiger partial charge in [0.15, 0.2) is 0 Å². The summed E-state index contributed by atoms with van der Waals surface area (Å²) in [6.07, 6.45) is 4.70. The predicted molar refractivity (Wildman–Crippen MR) is 85.7 cm³/mol.